The van der Waals surface area contributed by atoms with Gasteiger partial charge in [-0.1, -0.05) is 19.1 Å². The summed E-state index contributed by atoms with van der Waals surface area (Å²) in [6, 6.07) is 9.88. The van der Waals surface area contributed by atoms with Crippen LogP contribution in [0.1, 0.15) is 19.7 Å². The van der Waals surface area contributed by atoms with Gasteiger partial charge in [0, 0.05) is 18.9 Å². The van der Waals surface area contributed by atoms with Gasteiger partial charge in [-0.2, -0.15) is 5.10 Å². The molecule has 0 aliphatic carbocycles. The molecule has 1 amide bonds. The van der Waals surface area contributed by atoms with Gasteiger partial charge in [0.1, 0.15) is 5.82 Å². The molecular weight excluding hydrogens is 290 g/mol. The molecule has 0 spiro atoms. The number of hydrogen-bond donors (Lipinski definition) is 1. The highest BCUT2D eigenvalue weighted by Crippen LogP contribution is 2.15. The Bertz CT molecular complexity index is 791. The number of imidazole rings is 1. The number of carbonyl (C=O) groups excluding carboxylic acids is 1. The number of hydrogen-bond acceptors (Lipinski definition) is 3. The van der Waals surface area contributed by atoms with Gasteiger partial charge < -0.3 is 9.88 Å². The molecule has 3 rings (SSSR count). The summed E-state index contributed by atoms with van der Waals surface area (Å²) in [5.41, 5.74) is 2.06. The quantitative estimate of drug-likeness (QED) is 0.759. The highest BCUT2D eigenvalue weighted by atomic mass is 16.1. The molecule has 3 aromatic rings. The van der Waals surface area contributed by atoms with Crippen molar-refractivity contribution in [2.75, 3.05) is 0 Å². The number of para-hydroxylation sites is 2. The number of benzene rings is 1. The van der Waals surface area contributed by atoms with E-state index >= 15 is 0 Å². The number of nitrogens with zero attached hydrogens (tertiary/aromatic N) is 4. The molecule has 120 valence electrons. The van der Waals surface area contributed by atoms with Crippen LogP contribution in [0.2, 0.25) is 0 Å². The smallest absolute Gasteiger partial charge is 0.225 e. The molecule has 2 aromatic heterocycles. The van der Waals surface area contributed by atoms with E-state index in [2.05, 4.69) is 33.0 Å². The normalized spacial score (nSPS) is 12.4. The summed E-state index contributed by atoms with van der Waals surface area (Å²) in [5.74, 6) is 0.748. The number of fused-ring (bicyclic) bond motifs is 1. The van der Waals surface area contributed by atoms with Crippen LogP contribution < -0.4 is 5.32 Å². The molecule has 1 atom stereocenters. The maximum absolute atomic E-state index is 12.3. The Morgan fingerprint density at radius 3 is 2.87 bits per heavy atom. The Kier molecular flexibility index (Phi) is 4.41. The van der Waals surface area contributed by atoms with Crippen molar-refractivity contribution in [2.24, 2.45) is 5.92 Å². The van der Waals surface area contributed by atoms with E-state index in [-0.39, 0.29) is 11.8 Å². The van der Waals surface area contributed by atoms with Crippen molar-refractivity contribution in [2.45, 2.75) is 33.5 Å². The van der Waals surface area contributed by atoms with Gasteiger partial charge in [0.25, 0.3) is 0 Å². The fraction of sp³-hybridized carbons (Fsp3) is 0.353. The van der Waals surface area contributed by atoms with Gasteiger partial charge in [0.2, 0.25) is 5.91 Å². The molecule has 1 N–H and O–H groups in total. The SMILES string of the molecule is CCn1c(CNC(=O)[C@@H](C)Cn2cccn2)nc2ccccc21. The van der Waals surface area contributed by atoms with Gasteiger partial charge in [0.15, 0.2) is 0 Å². The van der Waals surface area contributed by atoms with E-state index in [4.69, 9.17) is 0 Å². The molecule has 0 fully saturated rings. The molecule has 0 saturated heterocycles. The van der Waals surface area contributed by atoms with Gasteiger partial charge in [-0.3, -0.25) is 9.48 Å². The first-order valence-electron chi connectivity index (χ1n) is 7.88. The van der Waals surface area contributed by atoms with Gasteiger partial charge in [-0.25, -0.2) is 4.98 Å². The van der Waals surface area contributed by atoms with Crippen molar-refractivity contribution >= 4 is 16.9 Å². The zero-order valence-corrected chi connectivity index (χ0v) is 13.4. The van der Waals surface area contributed by atoms with Crippen molar-refractivity contribution in [1.29, 1.82) is 0 Å². The van der Waals surface area contributed by atoms with E-state index in [1.807, 2.05) is 37.4 Å². The summed E-state index contributed by atoms with van der Waals surface area (Å²) >= 11 is 0. The lowest BCUT2D eigenvalue weighted by atomic mass is 10.1. The third-order valence-corrected chi connectivity index (χ3v) is 3.94. The van der Waals surface area contributed by atoms with Crippen LogP contribution in [0.4, 0.5) is 0 Å². The van der Waals surface area contributed by atoms with Crippen LogP contribution in [0, 0.1) is 5.92 Å². The molecule has 2 heterocycles. The van der Waals surface area contributed by atoms with E-state index in [1.54, 1.807) is 10.9 Å². The number of carbonyl (C=O) groups is 1. The minimum absolute atomic E-state index is 0.00945. The third-order valence-electron chi connectivity index (χ3n) is 3.94. The van der Waals surface area contributed by atoms with Crippen molar-refractivity contribution in [3.8, 4) is 0 Å². The van der Waals surface area contributed by atoms with Crippen LogP contribution in [0.25, 0.3) is 11.0 Å². The van der Waals surface area contributed by atoms with Gasteiger partial charge >= 0.3 is 0 Å². The Labute approximate surface area is 135 Å². The van der Waals surface area contributed by atoms with E-state index in [9.17, 15) is 4.79 Å². The topological polar surface area (TPSA) is 64.7 Å². The average Bonchev–Trinajstić information content (AvgIpc) is 3.19. The maximum Gasteiger partial charge on any atom is 0.225 e. The maximum atomic E-state index is 12.3. The van der Waals surface area contributed by atoms with Crippen molar-refractivity contribution in [3.05, 3.63) is 48.5 Å². The largest absolute Gasteiger partial charge is 0.349 e. The van der Waals surface area contributed by atoms with Crippen molar-refractivity contribution in [1.82, 2.24) is 24.6 Å². The van der Waals surface area contributed by atoms with Crippen molar-refractivity contribution < 1.29 is 4.79 Å². The summed E-state index contributed by atoms with van der Waals surface area (Å²) in [5, 5.41) is 7.12. The fourth-order valence-electron chi connectivity index (χ4n) is 2.73. The molecule has 0 aliphatic heterocycles. The Morgan fingerprint density at radius 2 is 2.13 bits per heavy atom. The van der Waals surface area contributed by atoms with E-state index in [0.29, 0.717) is 13.1 Å². The first-order chi connectivity index (χ1) is 11.2. The van der Waals surface area contributed by atoms with Gasteiger partial charge in [0.05, 0.1) is 30.0 Å². The lowest BCUT2D eigenvalue weighted by molar-refractivity contribution is -0.125. The van der Waals surface area contributed by atoms with E-state index < -0.39 is 0 Å². The first-order valence-corrected chi connectivity index (χ1v) is 7.88. The molecular formula is C17H21N5O. The van der Waals surface area contributed by atoms with Crippen LogP contribution in [-0.2, 0) is 24.4 Å². The molecule has 0 aliphatic rings. The average molecular weight is 311 g/mol. The molecule has 23 heavy (non-hydrogen) atoms. The number of amides is 1. The molecule has 0 radical (unpaired) electrons. The standard InChI is InChI=1S/C17H21N5O/c1-3-22-15-8-5-4-7-14(15)20-16(22)11-18-17(23)13(2)12-21-10-6-9-19-21/h4-10,13H,3,11-12H2,1-2H3,(H,18,23)/t13-/m0/s1. The summed E-state index contributed by atoms with van der Waals surface area (Å²) in [6.07, 6.45) is 3.58. The zero-order chi connectivity index (χ0) is 16.2. The van der Waals surface area contributed by atoms with Crippen LogP contribution in [0.15, 0.2) is 42.7 Å². The number of nitrogens with one attached hydrogen (secondary N) is 1. The first kappa shape index (κ1) is 15.3. The Morgan fingerprint density at radius 1 is 1.30 bits per heavy atom. The minimum atomic E-state index is -0.144. The summed E-state index contributed by atoms with van der Waals surface area (Å²) < 4.78 is 3.90. The molecule has 0 saturated carbocycles. The zero-order valence-electron chi connectivity index (χ0n) is 13.4. The third kappa shape index (κ3) is 3.26. The summed E-state index contributed by atoms with van der Waals surface area (Å²) in [6.45, 7) is 5.82. The molecule has 1 aromatic carbocycles. The van der Waals surface area contributed by atoms with Crippen LogP contribution in [-0.4, -0.2) is 25.2 Å². The molecule has 6 nitrogen and oxygen atoms in total. The van der Waals surface area contributed by atoms with Crippen molar-refractivity contribution in [3.63, 3.8) is 0 Å². The molecule has 0 bridgehead atoms. The monoisotopic (exact) mass is 311 g/mol. The predicted molar refractivity (Wildman–Crippen MR) is 88.6 cm³/mol. The highest BCUT2D eigenvalue weighted by Gasteiger charge is 2.15. The van der Waals surface area contributed by atoms with Crippen LogP contribution >= 0.6 is 0 Å². The molecule has 6 heteroatoms. The van der Waals surface area contributed by atoms with Gasteiger partial charge in [-0.05, 0) is 25.1 Å². The lowest BCUT2D eigenvalue weighted by Crippen LogP contribution is -2.32. The Balaban J connectivity index is 1.67. The fourth-order valence-corrected chi connectivity index (χ4v) is 2.73. The second-order valence-electron chi connectivity index (χ2n) is 5.61. The number of aromatic nitrogens is 4. The van der Waals surface area contributed by atoms with E-state index in [0.717, 1.165) is 23.4 Å². The minimum Gasteiger partial charge on any atom is -0.349 e. The summed E-state index contributed by atoms with van der Waals surface area (Å²) in [7, 11) is 0. The highest BCUT2D eigenvalue weighted by molar-refractivity contribution is 5.79. The Hall–Kier alpha value is -2.63. The summed E-state index contributed by atoms with van der Waals surface area (Å²) in [4.78, 5) is 16.9. The van der Waals surface area contributed by atoms with Gasteiger partial charge in [-0.15, -0.1) is 0 Å². The van der Waals surface area contributed by atoms with Crippen LogP contribution in [0.3, 0.4) is 0 Å². The second-order valence-corrected chi connectivity index (χ2v) is 5.61. The predicted octanol–water partition coefficient (Wildman–Crippen LogP) is 2.21. The number of aryl methyl sites for hydroxylation is 1. The number of rotatable bonds is 6. The molecule has 0 unspecified atom stereocenters. The van der Waals surface area contributed by atoms with Crippen LogP contribution in [0.5, 0.6) is 0 Å². The van der Waals surface area contributed by atoms with E-state index in [1.165, 1.54) is 0 Å². The second kappa shape index (κ2) is 6.64. The lowest BCUT2D eigenvalue weighted by Gasteiger charge is -2.13.